The predicted molar refractivity (Wildman–Crippen MR) is 72.5 cm³/mol. The standard InChI is InChI=1S/C14H15ClN2O2/c1-9-4-13(19-17-9)8-16-7-12-6-10-5-11(15)2-3-14(10)18-12/h2-5,12,16H,6-8H2,1H3. The third-order valence-corrected chi connectivity index (χ3v) is 3.35. The third-order valence-electron chi connectivity index (χ3n) is 3.11. The molecule has 2 aromatic rings. The molecule has 5 heteroatoms. The summed E-state index contributed by atoms with van der Waals surface area (Å²) in [4.78, 5) is 0. The summed E-state index contributed by atoms with van der Waals surface area (Å²) in [5.41, 5.74) is 2.07. The van der Waals surface area contributed by atoms with E-state index < -0.39 is 0 Å². The first-order valence-corrected chi connectivity index (χ1v) is 6.66. The van der Waals surface area contributed by atoms with E-state index in [4.69, 9.17) is 20.9 Å². The third kappa shape index (κ3) is 2.91. The summed E-state index contributed by atoms with van der Waals surface area (Å²) in [6, 6.07) is 7.68. The fourth-order valence-corrected chi connectivity index (χ4v) is 2.45. The van der Waals surface area contributed by atoms with Crippen LogP contribution in [-0.2, 0) is 13.0 Å². The van der Waals surface area contributed by atoms with Crippen LogP contribution < -0.4 is 10.1 Å². The number of hydrogen-bond acceptors (Lipinski definition) is 4. The van der Waals surface area contributed by atoms with Crippen molar-refractivity contribution < 1.29 is 9.26 Å². The molecule has 0 fully saturated rings. The lowest BCUT2D eigenvalue weighted by Gasteiger charge is -2.10. The van der Waals surface area contributed by atoms with E-state index in [0.29, 0.717) is 6.54 Å². The zero-order valence-electron chi connectivity index (χ0n) is 10.6. The number of fused-ring (bicyclic) bond motifs is 1. The number of rotatable bonds is 4. The molecule has 1 aromatic carbocycles. The number of hydrogen-bond donors (Lipinski definition) is 1. The number of nitrogens with one attached hydrogen (secondary N) is 1. The molecule has 19 heavy (non-hydrogen) atoms. The second-order valence-corrected chi connectivity index (χ2v) is 5.20. The smallest absolute Gasteiger partial charge is 0.150 e. The summed E-state index contributed by atoms with van der Waals surface area (Å²) >= 11 is 5.97. The van der Waals surface area contributed by atoms with E-state index in [1.807, 2.05) is 31.2 Å². The van der Waals surface area contributed by atoms with Gasteiger partial charge in [0.15, 0.2) is 5.76 Å². The van der Waals surface area contributed by atoms with Crippen molar-refractivity contribution >= 4 is 11.6 Å². The Morgan fingerprint density at radius 3 is 3.11 bits per heavy atom. The molecule has 1 aromatic heterocycles. The summed E-state index contributed by atoms with van der Waals surface area (Å²) in [6.45, 7) is 3.34. The number of nitrogens with zero attached hydrogens (tertiary/aromatic N) is 1. The van der Waals surface area contributed by atoms with Crippen molar-refractivity contribution in [3.8, 4) is 5.75 Å². The summed E-state index contributed by atoms with van der Waals surface area (Å²) in [5.74, 6) is 1.78. The van der Waals surface area contributed by atoms with E-state index in [2.05, 4.69) is 10.5 Å². The van der Waals surface area contributed by atoms with Crippen LogP contribution in [0.3, 0.4) is 0 Å². The maximum atomic E-state index is 5.97. The van der Waals surface area contributed by atoms with Gasteiger partial charge in [0.25, 0.3) is 0 Å². The van der Waals surface area contributed by atoms with Gasteiger partial charge in [-0.3, -0.25) is 0 Å². The lowest BCUT2D eigenvalue weighted by molar-refractivity contribution is 0.225. The fourth-order valence-electron chi connectivity index (χ4n) is 2.26. The first-order chi connectivity index (χ1) is 9.20. The van der Waals surface area contributed by atoms with E-state index in [0.717, 1.165) is 35.2 Å². The van der Waals surface area contributed by atoms with E-state index in [1.54, 1.807) is 0 Å². The minimum absolute atomic E-state index is 0.150. The molecule has 0 radical (unpaired) electrons. The highest BCUT2D eigenvalue weighted by atomic mass is 35.5. The number of aryl methyl sites for hydroxylation is 1. The molecule has 0 bridgehead atoms. The maximum absolute atomic E-state index is 5.97. The Hall–Kier alpha value is -1.52. The minimum Gasteiger partial charge on any atom is -0.488 e. The molecule has 0 spiro atoms. The summed E-state index contributed by atoms with van der Waals surface area (Å²) in [7, 11) is 0. The molecule has 2 heterocycles. The number of ether oxygens (including phenoxy) is 1. The topological polar surface area (TPSA) is 47.3 Å². The van der Waals surface area contributed by atoms with Crippen molar-refractivity contribution in [2.24, 2.45) is 0 Å². The molecule has 1 N–H and O–H groups in total. The Morgan fingerprint density at radius 1 is 1.42 bits per heavy atom. The summed E-state index contributed by atoms with van der Waals surface area (Å²) in [6.07, 6.45) is 1.04. The molecule has 3 rings (SSSR count). The lowest BCUT2D eigenvalue weighted by Crippen LogP contribution is -2.29. The average molecular weight is 279 g/mol. The molecular weight excluding hydrogens is 264 g/mol. The number of aromatic nitrogens is 1. The normalized spacial score (nSPS) is 17.3. The Kier molecular flexibility index (Phi) is 3.44. The van der Waals surface area contributed by atoms with Crippen LogP contribution in [-0.4, -0.2) is 17.8 Å². The first kappa shape index (κ1) is 12.5. The maximum Gasteiger partial charge on any atom is 0.150 e. The molecule has 1 atom stereocenters. The van der Waals surface area contributed by atoms with Crippen molar-refractivity contribution in [1.82, 2.24) is 10.5 Å². The molecule has 0 aliphatic carbocycles. The molecule has 1 aliphatic rings. The second-order valence-electron chi connectivity index (χ2n) is 4.76. The van der Waals surface area contributed by atoms with Gasteiger partial charge in [0.1, 0.15) is 11.9 Å². The zero-order chi connectivity index (χ0) is 13.2. The van der Waals surface area contributed by atoms with Crippen molar-refractivity contribution in [1.29, 1.82) is 0 Å². The van der Waals surface area contributed by atoms with Gasteiger partial charge < -0.3 is 14.6 Å². The predicted octanol–water partition coefficient (Wildman–Crippen LogP) is 2.73. The van der Waals surface area contributed by atoms with Gasteiger partial charge in [-0.2, -0.15) is 0 Å². The quantitative estimate of drug-likeness (QED) is 0.934. The van der Waals surface area contributed by atoms with Gasteiger partial charge in [0, 0.05) is 24.1 Å². The van der Waals surface area contributed by atoms with Crippen LogP contribution in [0.1, 0.15) is 17.0 Å². The van der Waals surface area contributed by atoms with Crippen LogP contribution in [0.4, 0.5) is 0 Å². The summed E-state index contributed by atoms with van der Waals surface area (Å²) in [5, 5.41) is 7.92. The van der Waals surface area contributed by atoms with Crippen molar-refractivity contribution in [2.45, 2.75) is 26.0 Å². The van der Waals surface area contributed by atoms with Gasteiger partial charge in [-0.25, -0.2) is 0 Å². The van der Waals surface area contributed by atoms with Gasteiger partial charge in [0.05, 0.1) is 12.2 Å². The van der Waals surface area contributed by atoms with Crippen molar-refractivity contribution in [3.63, 3.8) is 0 Å². The van der Waals surface area contributed by atoms with Gasteiger partial charge in [-0.15, -0.1) is 0 Å². The highest BCUT2D eigenvalue weighted by Gasteiger charge is 2.22. The van der Waals surface area contributed by atoms with Gasteiger partial charge in [-0.1, -0.05) is 16.8 Å². The van der Waals surface area contributed by atoms with Crippen LogP contribution in [0.2, 0.25) is 5.02 Å². The average Bonchev–Trinajstić information content (AvgIpc) is 2.95. The van der Waals surface area contributed by atoms with E-state index in [9.17, 15) is 0 Å². The monoisotopic (exact) mass is 278 g/mol. The minimum atomic E-state index is 0.150. The summed E-state index contributed by atoms with van der Waals surface area (Å²) < 4.78 is 11.0. The molecule has 0 amide bonds. The first-order valence-electron chi connectivity index (χ1n) is 6.29. The Morgan fingerprint density at radius 2 is 2.32 bits per heavy atom. The van der Waals surface area contributed by atoms with Crippen LogP contribution >= 0.6 is 11.6 Å². The van der Waals surface area contributed by atoms with Crippen LogP contribution in [0.5, 0.6) is 5.75 Å². The van der Waals surface area contributed by atoms with E-state index in [1.165, 1.54) is 5.56 Å². The van der Waals surface area contributed by atoms with Crippen molar-refractivity contribution in [2.75, 3.05) is 6.54 Å². The Balaban J connectivity index is 1.51. The van der Waals surface area contributed by atoms with Crippen LogP contribution in [0, 0.1) is 6.92 Å². The SMILES string of the molecule is Cc1cc(CNCC2Cc3cc(Cl)ccc3O2)on1. The Labute approximate surface area is 116 Å². The molecule has 100 valence electrons. The van der Waals surface area contributed by atoms with E-state index in [-0.39, 0.29) is 6.10 Å². The molecule has 0 saturated heterocycles. The molecular formula is C14H15ClN2O2. The Bertz CT molecular complexity index is 583. The van der Waals surface area contributed by atoms with Crippen LogP contribution in [0.25, 0.3) is 0 Å². The highest BCUT2D eigenvalue weighted by Crippen LogP contribution is 2.30. The highest BCUT2D eigenvalue weighted by molar-refractivity contribution is 6.30. The second kappa shape index (κ2) is 5.23. The molecule has 4 nitrogen and oxygen atoms in total. The van der Waals surface area contributed by atoms with Gasteiger partial charge in [0.2, 0.25) is 0 Å². The molecule has 0 saturated carbocycles. The molecule has 1 unspecified atom stereocenters. The molecule has 1 aliphatic heterocycles. The van der Waals surface area contributed by atoms with Gasteiger partial charge in [-0.05, 0) is 30.7 Å². The van der Waals surface area contributed by atoms with Crippen LogP contribution in [0.15, 0.2) is 28.8 Å². The van der Waals surface area contributed by atoms with E-state index >= 15 is 0 Å². The fraction of sp³-hybridized carbons (Fsp3) is 0.357. The number of halogens is 1. The zero-order valence-corrected chi connectivity index (χ0v) is 11.4. The largest absolute Gasteiger partial charge is 0.488 e. The number of benzene rings is 1. The van der Waals surface area contributed by atoms with Gasteiger partial charge >= 0.3 is 0 Å². The van der Waals surface area contributed by atoms with Crippen molar-refractivity contribution in [3.05, 3.63) is 46.3 Å². The lowest BCUT2D eigenvalue weighted by atomic mass is 10.1.